The zero-order valence-corrected chi connectivity index (χ0v) is 10.7. The van der Waals surface area contributed by atoms with Gasteiger partial charge in [0.15, 0.2) is 0 Å². The summed E-state index contributed by atoms with van der Waals surface area (Å²) in [6.45, 7) is 1.25. The number of carbonyl (C=O) groups is 1. The fourth-order valence-corrected chi connectivity index (χ4v) is 1.50. The van der Waals surface area contributed by atoms with Gasteiger partial charge in [-0.2, -0.15) is 0 Å². The molecule has 0 unspecified atom stereocenters. The lowest BCUT2D eigenvalue weighted by atomic mass is 10.2. The summed E-state index contributed by atoms with van der Waals surface area (Å²) < 4.78 is 9.54. The van der Waals surface area contributed by atoms with Crippen LogP contribution in [0.5, 0.6) is 11.5 Å². The zero-order chi connectivity index (χ0) is 13.4. The Morgan fingerprint density at radius 3 is 2.78 bits per heavy atom. The lowest BCUT2D eigenvalue weighted by molar-refractivity contribution is -0.140. The minimum atomic E-state index is -0.205. The molecule has 18 heavy (non-hydrogen) atoms. The second kappa shape index (κ2) is 7.55. The van der Waals surface area contributed by atoms with Crippen molar-refractivity contribution in [1.82, 2.24) is 5.32 Å². The number of phenolic OH excluding ortho intramolecular Hbond substituents is 1. The summed E-state index contributed by atoms with van der Waals surface area (Å²) in [7, 11) is 2.94. The van der Waals surface area contributed by atoms with Crippen molar-refractivity contribution < 1.29 is 19.4 Å². The summed E-state index contributed by atoms with van der Waals surface area (Å²) in [6, 6.07) is 5.18. The van der Waals surface area contributed by atoms with Crippen LogP contribution in [-0.4, -0.2) is 31.8 Å². The average Bonchev–Trinajstić information content (AvgIpc) is 2.39. The summed E-state index contributed by atoms with van der Waals surface area (Å²) in [5, 5.41) is 12.9. The van der Waals surface area contributed by atoms with Gasteiger partial charge in [-0.1, -0.05) is 6.07 Å². The van der Waals surface area contributed by atoms with Crippen LogP contribution in [0.15, 0.2) is 18.2 Å². The quantitative estimate of drug-likeness (QED) is 0.568. The number of ether oxygens (including phenoxy) is 2. The van der Waals surface area contributed by atoms with Crippen molar-refractivity contribution in [3.8, 4) is 11.5 Å². The van der Waals surface area contributed by atoms with E-state index in [4.69, 9.17) is 4.74 Å². The van der Waals surface area contributed by atoms with Crippen molar-refractivity contribution in [2.24, 2.45) is 0 Å². The minimum absolute atomic E-state index is 0.204. The first-order chi connectivity index (χ1) is 8.67. The number of rotatable bonds is 7. The van der Waals surface area contributed by atoms with E-state index in [1.807, 2.05) is 6.07 Å². The molecular formula is C13H19NO4. The molecule has 0 amide bonds. The Balaban J connectivity index is 2.29. The first-order valence-corrected chi connectivity index (χ1v) is 5.80. The van der Waals surface area contributed by atoms with Gasteiger partial charge in [-0.3, -0.25) is 4.79 Å². The van der Waals surface area contributed by atoms with Crippen molar-refractivity contribution in [3.05, 3.63) is 23.8 Å². The second-order valence-electron chi connectivity index (χ2n) is 3.85. The van der Waals surface area contributed by atoms with E-state index in [0.717, 1.165) is 5.56 Å². The maximum absolute atomic E-state index is 10.9. The molecule has 0 aliphatic carbocycles. The second-order valence-corrected chi connectivity index (χ2v) is 3.85. The highest BCUT2D eigenvalue weighted by Gasteiger charge is 2.03. The van der Waals surface area contributed by atoms with Gasteiger partial charge in [0.25, 0.3) is 0 Å². The Labute approximate surface area is 107 Å². The maximum Gasteiger partial charge on any atom is 0.305 e. The van der Waals surface area contributed by atoms with E-state index in [9.17, 15) is 9.90 Å². The number of phenols is 1. The monoisotopic (exact) mass is 253 g/mol. The third kappa shape index (κ3) is 4.63. The molecule has 0 spiro atoms. The lowest BCUT2D eigenvalue weighted by Crippen LogP contribution is -2.16. The fraction of sp³-hybridized carbons (Fsp3) is 0.462. The SMILES string of the molecule is COC(=O)CCCNCc1ccc(OC)cc1O. The van der Waals surface area contributed by atoms with Gasteiger partial charge in [0, 0.05) is 24.6 Å². The van der Waals surface area contributed by atoms with Crippen molar-refractivity contribution in [3.63, 3.8) is 0 Å². The van der Waals surface area contributed by atoms with Crippen LogP contribution in [0.4, 0.5) is 0 Å². The molecule has 5 heteroatoms. The van der Waals surface area contributed by atoms with Crippen LogP contribution in [0.2, 0.25) is 0 Å². The van der Waals surface area contributed by atoms with E-state index < -0.39 is 0 Å². The maximum atomic E-state index is 10.9. The van der Waals surface area contributed by atoms with Gasteiger partial charge >= 0.3 is 5.97 Å². The van der Waals surface area contributed by atoms with Gasteiger partial charge in [0.2, 0.25) is 0 Å². The number of aromatic hydroxyl groups is 1. The van der Waals surface area contributed by atoms with Gasteiger partial charge < -0.3 is 19.9 Å². The first kappa shape index (κ1) is 14.3. The number of hydrogen-bond acceptors (Lipinski definition) is 5. The van der Waals surface area contributed by atoms with E-state index in [0.29, 0.717) is 31.7 Å². The summed E-state index contributed by atoms with van der Waals surface area (Å²) in [5.74, 6) is 0.626. The number of methoxy groups -OCH3 is 2. The Morgan fingerprint density at radius 1 is 1.39 bits per heavy atom. The van der Waals surface area contributed by atoms with Gasteiger partial charge in [-0.05, 0) is 19.0 Å². The topological polar surface area (TPSA) is 67.8 Å². The van der Waals surface area contributed by atoms with Gasteiger partial charge in [-0.15, -0.1) is 0 Å². The summed E-state index contributed by atoms with van der Waals surface area (Å²) >= 11 is 0. The Morgan fingerprint density at radius 2 is 2.17 bits per heavy atom. The molecule has 1 aromatic carbocycles. The Bertz CT molecular complexity index is 393. The standard InChI is InChI=1S/C13H19NO4/c1-17-11-6-5-10(12(15)8-11)9-14-7-3-4-13(16)18-2/h5-6,8,14-15H,3-4,7,9H2,1-2H3. The van der Waals surface area contributed by atoms with Crippen LogP contribution in [-0.2, 0) is 16.1 Å². The molecule has 0 aliphatic rings. The largest absolute Gasteiger partial charge is 0.507 e. The minimum Gasteiger partial charge on any atom is -0.507 e. The Kier molecular flexibility index (Phi) is 6.00. The first-order valence-electron chi connectivity index (χ1n) is 5.80. The molecule has 0 aromatic heterocycles. The number of carbonyl (C=O) groups excluding carboxylic acids is 1. The van der Waals surface area contributed by atoms with E-state index >= 15 is 0 Å². The number of benzene rings is 1. The molecule has 0 saturated heterocycles. The van der Waals surface area contributed by atoms with Crippen LogP contribution >= 0.6 is 0 Å². The molecule has 0 radical (unpaired) electrons. The van der Waals surface area contributed by atoms with Crippen LogP contribution in [0.25, 0.3) is 0 Å². The number of hydrogen-bond donors (Lipinski definition) is 2. The molecule has 1 aromatic rings. The van der Waals surface area contributed by atoms with Crippen LogP contribution < -0.4 is 10.1 Å². The summed E-state index contributed by atoms with van der Waals surface area (Å²) in [4.78, 5) is 10.9. The average molecular weight is 253 g/mol. The van der Waals surface area contributed by atoms with Crippen molar-refractivity contribution in [2.45, 2.75) is 19.4 Å². The molecule has 100 valence electrons. The third-order valence-electron chi connectivity index (χ3n) is 2.57. The van der Waals surface area contributed by atoms with E-state index in [2.05, 4.69) is 10.1 Å². The predicted octanol–water partition coefficient (Wildman–Crippen LogP) is 1.44. The van der Waals surface area contributed by atoms with E-state index in [1.165, 1.54) is 7.11 Å². The predicted molar refractivity (Wildman–Crippen MR) is 67.6 cm³/mol. The van der Waals surface area contributed by atoms with Gasteiger partial charge in [0.05, 0.1) is 14.2 Å². The van der Waals surface area contributed by atoms with Crippen LogP contribution in [0.1, 0.15) is 18.4 Å². The van der Waals surface area contributed by atoms with Crippen LogP contribution in [0, 0.1) is 0 Å². The molecule has 0 fully saturated rings. The van der Waals surface area contributed by atoms with E-state index in [-0.39, 0.29) is 11.7 Å². The summed E-state index contributed by atoms with van der Waals surface area (Å²) in [6.07, 6.45) is 1.11. The van der Waals surface area contributed by atoms with Crippen molar-refractivity contribution in [1.29, 1.82) is 0 Å². The third-order valence-corrected chi connectivity index (χ3v) is 2.57. The highest BCUT2D eigenvalue weighted by atomic mass is 16.5. The van der Waals surface area contributed by atoms with Crippen LogP contribution in [0.3, 0.4) is 0 Å². The smallest absolute Gasteiger partial charge is 0.305 e. The molecule has 0 aliphatic heterocycles. The van der Waals surface area contributed by atoms with E-state index in [1.54, 1.807) is 19.2 Å². The molecule has 0 heterocycles. The molecule has 5 nitrogen and oxygen atoms in total. The fourth-order valence-electron chi connectivity index (χ4n) is 1.50. The Hall–Kier alpha value is -1.75. The molecule has 0 saturated carbocycles. The molecule has 0 atom stereocenters. The summed E-state index contributed by atoms with van der Waals surface area (Å²) in [5.41, 5.74) is 0.800. The number of esters is 1. The van der Waals surface area contributed by atoms with Gasteiger partial charge in [-0.25, -0.2) is 0 Å². The van der Waals surface area contributed by atoms with Crippen molar-refractivity contribution >= 4 is 5.97 Å². The normalized spacial score (nSPS) is 10.1. The highest BCUT2D eigenvalue weighted by molar-refractivity contribution is 5.69. The highest BCUT2D eigenvalue weighted by Crippen LogP contribution is 2.22. The lowest BCUT2D eigenvalue weighted by Gasteiger charge is -2.08. The zero-order valence-electron chi connectivity index (χ0n) is 10.7. The molecule has 2 N–H and O–H groups in total. The molecular weight excluding hydrogens is 234 g/mol. The molecule has 0 bridgehead atoms. The number of nitrogens with one attached hydrogen (secondary N) is 1. The van der Waals surface area contributed by atoms with Crippen molar-refractivity contribution in [2.75, 3.05) is 20.8 Å². The van der Waals surface area contributed by atoms with Gasteiger partial charge in [0.1, 0.15) is 11.5 Å². The molecule has 1 rings (SSSR count).